The average Bonchev–Trinajstić information content (AvgIpc) is 2.25. The molecule has 0 aliphatic carbocycles. The molecular formula is C13H19NO2. The molecule has 0 saturated carbocycles. The molecule has 88 valence electrons. The molecule has 0 aliphatic rings. The number of nitrogens with one attached hydrogen (secondary N) is 1. The van der Waals surface area contributed by atoms with Crippen LogP contribution in [0.1, 0.15) is 34.8 Å². The maximum absolute atomic E-state index is 11.9. The van der Waals surface area contributed by atoms with Gasteiger partial charge in [-0.05, 0) is 31.4 Å². The van der Waals surface area contributed by atoms with Crippen molar-refractivity contribution in [2.75, 3.05) is 6.54 Å². The van der Waals surface area contributed by atoms with Crippen LogP contribution in [0.4, 0.5) is 0 Å². The molecule has 0 aliphatic heterocycles. The van der Waals surface area contributed by atoms with Crippen LogP contribution in [0.3, 0.4) is 0 Å². The lowest BCUT2D eigenvalue weighted by Gasteiger charge is -2.12. The van der Waals surface area contributed by atoms with Crippen LogP contribution in [-0.4, -0.2) is 23.7 Å². The molecule has 3 heteroatoms. The molecule has 0 spiro atoms. The van der Waals surface area contributed by atoms with Crippen molar-refractivity contribution in [3.05, 3.63) is 34.9 Å². The van der Waals surface area contributed by atoms with Gasteiger partial charge < -0.3 is 10.4 Å². The van der Waals surface area contributed by atoms with Gasteiger partial charge in [0.2, 0.25) is 0 Å². The molecule has 16 heavy (non-hydrogen) atoms. The molecule has 1 unspecified atom stereocenters. The van der Waals surface area contributed by atoms with Crippen LogP contribution in [0.15, 0.2) is 18.2 Å². The van der Waals surface area contributed by atoms with E-state index in [1.165, 1.54) is 0 Å². The number of aliphatic hydroxyl groups excluding tert-OH is 1. The van der Waals surface area contributed by atoms with E-state index < -0.39 is 6.10 Å². The Morgan fingerprint density at radius 2 is 1.94 bits per heavy atom. The molecule has 0 heterocycles. The fourth-order valence-corrected chi connectivity index (χ4v) is 1.62. The number of aryl methyl sites for hydroxylation is 2. The summed E-state index contributed by atoms with van der Waals surface area (Å²) in [5.41, 5.74) is 2.64. The molecule has 0 fully saturated rings. The molecule has 1 aromatic carbocycles. The van der Waals surface area contributed by atoms with E-state index in [1.54, 1.807) is 0 Å². The van der Waals surface area contributed by atoms with E-state index >= 15 is 0 Å². The van der Waals surface area contributed by atoms with Gasteiger partial charge >= 0.3 is 0 Å². The first-order valence-corrected chi connectivity index (χ1v) is 5.58. The van der Waals surface area contributed by atoms with Gasteiger partial charge in [-0.2, -0.15) is 0 Å². The minimum absolute atomic E-state index is 0.108. The summed E-state index contributed by atoms with van der Waals surface area (Å²) in [4.78, 5) is 11.9. The minimum atomic E-state index is -0.465. The number of hydrogen-bond donors (Lipinski definition) is 2. The second-order valence-corrected chi connectivity index (χ2v) is 4.04. The van der Waals surface area contributed by atoms with Crippen molar-refractivity contribution < 1.29 is 9.90 Å². The normalized spacial score (nSPS) is 12.2. The van der Waals surface area contributed by atoms with Crippen LogP contribution in [-0.2, 0) is 0 Å². The molecule has 1 rings (SSSR count). The average molecular weight is 221 g/mol. The highest BCUT2D eigenvalue weighted by molar-refractivity contribution is 5.97. The van der Waals surface area contributed by atoms with Gasteiger partial charge in [-0.15, -0.1) is 0 Å². The highest BCUT2D eigenvalue weighted by Crippen LogP contribution is 2.12. The van der Waals surface area contributed by atoms with Gasteiger partial charge in [0, 0.05) is 12.1 Å². The van der Waals surface area contributed by atoms with E-state index in [-0.39, 0.29) is 5.91 Å². The molecule has 1 aromatic rings. The number of carbonyl (C=O) groups excluding carboxylic acids is 1. The van der Waals surface area contributed by atoms with Crippen LogP contribution < -0.4 is 5.32 Å². The van der Waals surface area contributed by atoms with Crippen LogP contribution in [0.5, 0.6) is 0 Å². The summed E-state index contributed by atoms with van der Waals surface area (Å²) in [6, 6.07) is 5.76. The molecular weight excluding hydrogens is 202 g/mol. The predicted octanol–water partition coefficient (Wildman–Crippen LogP) is 1.80. The Labute approximate surface area is 96.5 Å². The van der Waals surface area contributed by atoms with Crippen molar-refractivity contribution in [2.45, 2.75) is 33.3 Å². The SMILES string of the molecule is CCC(O)CNC(=O)c1c(C)cccc1C. The summed E-state index contributed by atoms with van der Waals surface area (Å²) in [5, 5.41) is 12.1. The Morgan fingerprint density at radius 3 is 2.44 bits per heavy atom. The molecule has 0 radical (unpaired) electrons. The predicted molar refractivity (Wildman–Crippen MR) is 64.5 cm³/mol. The fraction of sp³-hybridized carbons (Fsp3) is 0.462. The standard InChI is InChI=1S/C13H19NO2/c1-4-11(15)8-14-13(16)12-9(2)6-5-7-10(12)3/h5-7,11,15H,4,8H2,1-3H3,(H,14,16). The number of aliphatic hydroxyl groups is 1. The minimum Gasteiger partial charge on any atom is -0.391 e. The van der Waals surface area contributed by atoms with Gasteiger partial charge in [-0.1, -0.05) is 25.1 Å². The first-order chi connectivity index (χ1) is 7.56. The zero-order valence-electron chi connectivity index (χ0n) is 10.1. The van der Waals surface area contributed by atoms with Gasteiger partial charge in [-0.3, -0.25) is 4.79 Å². The fourth-order valence-electron chi connectivity index (χ4n) is 1.62. The summed E-state index contributed by atoms with van der Waals surface area (Å²) < 4.78 is 0. The van der Waals surface area contributed by atoms with E-state index in [4.69, 9.17) is 0 Å². The van der Waals surface area contributed by atoms with E-state index in [0.29, 0.717) is 18.5 Å². The first-order valence-electron chi connectivity index (χ1n) is 5.58. The van der Waals surface area contributed by atoms with Gasteiger partial charge in [0.05, 0.1) is 6.10 Å². The van der Waals surface area contributed by atoms with Crippen LogP contribution in [0, 0.1) is 13.8 Å². The van der Waals surface area contributed by atoms with E-state index in [0.717, 1.165) is 11.1 Å². The highest BCUT2D eigenvalue weighted by Gasteiger charge is 2.12. The Bertz CT molecular complexity index is 354. The topological polar surface area (TPSA) is 49.3 Å². The third-order valence-electron chi connectivity index (χ3n) is 2.68. The van der Waals surface area contributed by atoms with Crippen LogP contribution >= 0.6 is 0 Å². The molecule has 0 aromatic heterocycles. The monoisotopic (exact) mass is 221 g/mol. The van der Waals surface area contributed by atoms with Crippen LogP contribution in [0.2, 0.25) is 0 Å². The molecule has 3 nitrogen and oxygen atoms in total. The third kappa shape index (κ3) is 3.07. The Morgan fingerprint density at radius 1 is 1.38 bits per heavy atom. The Balaban J connectivity index is 2.73. The van der Waals surface area contributed by atoms with Crippen LogP contribution in [0.25, 0.3) is 0 Å². The third-order valence-corrected chi connectivity index (χ3v) is 2.68. The summed E-state index contributed by atoms with van der Waals surface area (Å²) in [6.07, 6.45) is 0.181. The number of carbonyl (C=O) groups is 1. The number of amides is 1. The Hall–Kier alpha value is -1.35. The molecule has 0 bridgehead atoms. The number of benzene rings is 1. The number of rotatable bonds is 4. The molecule has 2 N–H and O–H groups in total. The maximum Gasteiger partial charge on any atom is 0.251 e. The first kappa shape index (κ1) is 12.7. The molecule has 1 atom stereocenters. The number of hydrogen-bond acceptors (Lipinski definition) is 2. The Kier molecular flexibility index (Phi) is 4.50. The molecule has 0 saturated heterocycles. The van der Waals surface area contributed by atoms with E-state index in [2.05, 4.69) is 5.32 Å². The van der Waals surface area contributed by atoms with E-state index in [1.807, 2.05) is 39.0 Å². The van der Waals surface area contributed by atoms with Crippen molar-refractivity contribution in [3.8, 4) is 0 Å². The van der Waals surface area contributed by atoms with Crippen molar-refractivity contribution in [2.24, 2.45) is 0 Å². The summed E-state index contributed by atoms with van der Waals surface area (Å²) >= 11 is 0. The van der Waals surface area contributed by atoms with Crippen molar-refractivity contribution in [3.63, 3.8) is 0 Å². The van der Waals surface area contributed by atoms with Crippen molar-refractivity contribution >= 4 is 5.91 Å². The van der Waals surface area contributed by atoms with E-state index in [9.17, 15) is 9.90 Å². The summed E-state index contributed by atoms with van der Waals surface area (Å²) in [5.74, 6) is -0.108. The summed E-state index contributed by atoms with van der Waals surface area (Å²) in [7, 11) is 0. The largest absolute Gasteiger partial charge is 0.391 e. The zero-order valence-corrected chi connectivity index (χ0v) is 10.1. The van der Waals surface area contributed by atoms with Gasteiger partial charge in [0.25, 0.3) is 5.91 Å². The van der Waals surface area contributed by atoms with Gasteiger partial charge in [-0.25, -0.2) is 0 Å². The second-order valence-electron chi connectivity index (χ2n) is 4.04. The van der Waals surface area contributed by atoms with Gasteiger partial charge in [0.1, 0.15) is 0 Å². The lowest BCUT2D eigenvalue weighted by Crippen LogP contribution is -2.32. The highest BCUT2D eigenvalue weighted by atomic mass is 16.3. The lowest BCUT2D eigenvalue weighted by atomic mass is 10.0. The maximum atomic E-state index is 11.9. The second kappa shape index (κ2) is 5.66. The van der Waals surface area contributed by atoms with Crippen molar-refractivity contribution in [1.29, 1.82) is 0 Å². The lowest BCUT2D eigenvalue weighted by molar-refractivity contribution is 0.0912. The molecule has 1 amide bonds. The zero-order chi connectivity index (χ0) is 12.1. The quantitative estimate of drug-likeness (QED) is 0.814. The van der Waals surface area contributed by atoms with Gasteiger partial charge in [0.15, 0.2) is 0 Å². The summed E-state index contributed by atoms with van der Waals surface area (Å²) in [6.45, 7) is 6.02. The van der Waals surface area contributed by atoms with Crippen molar-refractivity contribution in [1.82, 2.24) is 5.32 Å². The smallest absolute Gasteiger partial charge is 0.251 e.